The second kappa shape index (κ2) is 6.79. The van der Waals surface area contributed by atoms with Gasteiger partial charge in [-0.05, 0) is 36.7 Å². The Bertz CT molecular complexity index is 610. The van der Waals surface area contributed by atoms with Crippen LogP contribution in [0.3, 0.4) is 0 Å². The van der Waals surface area contributed by atoms with Crippen molar-refractivity contribution in [3.05, 3.63) is 57.5 Å². The van der Waals surface area contributed by atoms with Gasteiger partial charge in [-0.15, -0.1) is 0 Å². The van der Waals surface area contributed by atoms with E-state index in [1.807, 2.05) is 6.07 Å². The Morgan fingerprint density at radius 3 is 2.80 bits per heavy atom. The number of hydrogen-bond acceptors (Lipinski definition) is 3. The Morgan fingerprint density at radius 2 is 2.10 bits per heavy atom. The number of carbonyl (C=O) groups is 1. The first-order valence-electron chi connectivity index (χ1n) is 6.02. The fourth-order valence-electron chi connectivity index (χ4n) is 1.82. The minimum Gasteiger partial charge on any atom is -0.478 e. The fraction of sp³-hybridized carbons (Fsp3) is 0.214. The summed E-state index contributed by atoms with van der Waals surface area (Å²) in [6.07, 6.45) is 2.09. The molecule has 0 atom stereocenters. The Hall–Kier alpha value is -1.49. The van der Waals surface area contributed by atoms with Crippen LogP contribution in [0.4, 0.5) is 0 Å². The Labute approximate surface area is 126 Å². The van der Waals surface area contributed by atoms with Crippen LogP contribution < -0.4 is 5.32 Å². The van der Waals surface area contributed by atoms with Gasteiger partial charge in [-0.2, -0.15) is 0 Å². The molecule has 0 bridgehead atoms. The molecule has 0 unspecified atom stereocenters. The molecule has 0 aliphatic rings. The molecule has 1 heterocycles. The first kappa shape index (κ1) is 14.9. The zero-order valence-electron chi connectivity index (χ0n) is 10.5. The Morgan fingerprint density at radius 1 is 1.30 bits per heavy atom. The molecule has 0 amide bonds. The number of carboxylic acid groups (broad SMARTS) is 1. The van der Waals surface area contributed by atoms with Crippen LogP contribution in [0.15, 0.2) is 34.9 Å². The number of rotatable bonds is 6. The van der Waals surface area contributed by atoms with Gasteiger partial charge >= 0.3 is 5.97 Å². The zero-order chi connectivity index (χ0) is 14.5. The average molecular weight is 314 g/mol. The highest BCUT2D eigenvalue weighted by atomic mass is 35.5. The lowest BCUT2D eigenvalue weighted by atomic mass is 10.1. The van der Waals surface area contributed by atoms with Gasteiger partial charge in [-0.25, -0.2) is 4.79 Å². The van der Waals surface area contributed by atoms with Crippen LogP contribution in [0, 0.1) is 0 Å². The van der Waals surface area contributed by atoms with Crippen molar-refractivity contribution in [3.63, 3.8) is 0 Å². The summed E-state index contributed by atoms with van der Waals surface area (Å²) in [7, 11) is 0. The molecule has 0 spiro atoms. The lowest BCUT2D eigenvalue weighted by Crippen LogP contribution is -2.18. The molecule has 1 aromatic carbocycles. The maximum atomic E-state index is 10.9. The highest BCUT2D eigenvalue weighted by Crippen LogP contribution is 2.21. The van der Waals surface area contributed by atoms with Gasteiger partial charge in [0.05, 0.1) is 12.8 Å². The maximum absolute atomic E-state index is 10.9. The van der Waals surface area contributed by atoms with Crippen LogP contribution in [0.2, 0.25) is 10.0 Å². The molecule has 0 saturated heterocycles. The zero-order valence-corrected chi connectivity index (χ0v) is 12.0. The number of hydrogen-bond donors (Lipinski definition) is 2. The third-order valence-corrected chi connectivity index (χ3v) is 3.43. The topological polar surface area (TPSA) is 62.5 Å². The summed E-state index contributed by atoms with van der Waals surface area (Å²) in [6, 6.07) is 6.81. The first-order chi connectivity index (χ1) is 9.58. The first-order valence-corrected chi connectivity index (χ1v) is 6.78. The number of benzene rings is 1. The summed E-state index contributed by atoms with van der Waals surface area (Å²) in [6.45, 7) is 1.01. The van der Waals surface area contributed by atoms with Crippen LogP contribution in [0.25, 0.3) is 0 Å². The molecule has 0 aliphatic heterocycles. The van der Waals surface area contributed by atoms with Crippen LogP contribution in [-0.4, -0.2) is 17.6 Å². The molecule has 20 heavy (non-hydrogen) atoms. The summed E-state index contributed by atoms with van der Waals surface area (Å²) in [5.74, 6) is -0.573. The van der Waals surface area contributed by atoms with E-state index in [1.165, 1.54) is 12.3 Å². The molecule has 4 nitrogen and oxygen atoms in total. The Balaban J connectivity index is 1.84. The van der Waals surface area contributed by atoms with Gasteiger partial charge < -0.3 is 14.8 Å². The normalized spacial score (nSPS) is 10.7. The molecule has 6 heteroatoms. The molecule has 2 rings (SSSR count). The number of halogens is 2. The quantitative estimate of drug-likeness (QED) is 0.800. The Kier molecular flexibility index (Phi) is 5.06. The van der Waals surface area contributed by atoms with E-state index in [0.29, 0.717) is 28.9 Å². The van der Waals surface area contributed by atoms with Crippen LogP contribution in [0.1, 0.15) is 21.7 Å². The second-order valence-corrected chi connectivity index (χ2v) is 5.07. The largest absolute Gasteiger partial charge is 0.478 e. The summed E-state index contributed by atoms with van der Waals surface area (Å²) in [4.78, 5) is 10.9. The number of aromatic carboxylic acids is 1. The van der Waals surface area contributed by atoms with Gasteiger partial charge in [-0.3, -0.25) is 0 Å². The van der Waals surface area contributed by atoms with Gasteiger partial charge in [-0.1, -0.05) is 29.3 Å². The molecule has 2 N–H and O–H groups in total. The molecule has 0 aliphatic carbocycles. The van der Waals surface area contributed by atoms with E-state index in [4.69, 9.17) is 32.7 Å². The van der Waals surface area contributed by atoms with Gasteiger partial charge in [0.2, 0.25) is 0 Å². The minimum atomic E-state index is -0.990. The van der Waals surface area contributed by atoms with E-state index in [1.54, 1.807) is 12.1 Å². The van der Waals surface area contributed by atoms with Gasteiger partial charge in [0.15, 0.2) is 0 Å². The molecule has 0 radical (unpaired) electrons. The second-order valence-electron chi connectivity index (χ2n) is 4.23. The molecule has 0 fully saturated rings. The lowest BCUT2D eigenvalue weighted by molar-refractivity contribution is 0.0694. The van der Waals surface area contributed by atoms with Gasteiger partial charge in [0.25, 0.3) is 0 Å². The summed E-state index contributed by atoms with van der Waals surface area (Å²) in [5.41, 5.74) is 1.17. The molecular formula is C14H13Cl2NO3. The van der Waals surface area contributed by atoms with Crippen molar-refractivity contribution in [1.82, 2.24) is 5.32 Å². The number of furan rings is 1. The van der Waals surface area contributed by atoms with Gasteiger partial charge in [0, 0.05) is 10.0 Å². The van der Waals surface area contributed by atoms with E-state index in [2.05, 4.69) is 5.32 Å². The molecule has 0 saturated carbocycles. The fourth-order valence-corrected chi connectivity index (χ4v) is 2.32. The maximum Gasteiger partial charge on any atom is 0.339 e. The highest BCUT2D eigenvalue weighted by Gasteiger charge is 2.12. The third kappa shape index (κ3) is 3.76. The summed E-state index contributed by atoms with van der Waals surface area (Å²) in [5, 5.41) is 13.3. The predicted molar refractivity (Wildman–Crippen MR) is 77.5 cm³/mol. The standard InChI is InChI=1S/C14H13Cl2NO3/c15-10-2-1-9(12(16)7-10)3-5-17-8-13-11(14(18)19)4-6-20-13/h1-2,4,6-7,17H,3,5,8H2,(H,18,19). The SMILES string of the molecule is O=C(O)c1ccoc1CNCCc1ccc(Cl)cc1Cl. The smallest absolute Gasteiger partial charge is 0.339 e. The van der Waals surface area contributed by atoms with Gasteiger partial charge in [0.1, 0.15) is 11.3 Å². The van der Waals surface area contributed by atoms with Crippen LogP contribution >= 0.6 is 23.2 Å². The summed E-state index contributed by atoms with van der Waals surface area (Å²) >= 11 is 11.9. The van der Waals surface area contributed by atoms with E-state index >= 15 is 0 Å². The molecule has 106 valence electrons. The van der Waals surface area contributed by atoms with Crippen molar-refractivity contribution < 1.29 is 14.3 Å². The number of carboxylic acids is 1. The van der Waals surface area contributed by atoms with Crippen molar-refractivity contribution in [2.24, 2.45) is 0 Å². The molecular weight excluding hydrogens is 301 g/mol. The predicted octanol–water partition coefficient (Wildman–Crippen LogP) is 3.62. The molecule has 2 aromatic rings. The van der Waals surface area contributed by atoms with E-state index in [-0.39, 0.29) is 5.56 Å². The minimum absolute atomic E-state index is 0.182. The van der Waals surface area contributed by atoms with Crippen molar-refractivity contribution in [3.8, 4) is 0 Å². The average Bonchev–Trinajstić information content (AvgIpc) is 2.85. The van der Waals surface area contributed by atoms with Crippen molar-refractivity contribution in [2.75, 3.05) is 6.54 Å². The van der Waals surface area contributed by atoms with Crippen LogP contribution in [-0.2, 0) is 13.0 Å². The highest BCUT2D eigenvalue weighted by molar-refractivity contribution is 6.35. The lowest BCUT2D eigenvalue weighted by Gasteiger charge is -2.06. The van der Waals surface area contributed by atoms with Crippen molar-refractivity contribution in [1.29, 1.82) is 0 Å². The third-order valence-electron chi connectivity index (χ3n) is 2.85. The number of nitrogens with one attached hydrogen (secondary N) is 1. The summed E-state index contributed by atoms with van der Waals surface area (Å²) < 4.78 is 5.13. The van der Waals surface area contributed by atoms with E-state index in [0.717, 1.165) is 12.0 Å². The molecule has 1 aromatic heterocycles. The van der Waals surface area contributed by atoms with E-state index in [9.17, 15) is 4.79 Å². The monoisotopic (exact) mass is 313 g/mol. The van der Waals surface area contributed by atoms with Crippen LogP contribution in [0.5, 0.6) is 0 Å². The van der Waals surface area contributed by atoms with Crippen molar-refractivity contribution in [2.45, 2.75) is 13.0 Å². The van der Waals surface area contributed by atoms with E-state index < -0.39 is 5.97 Å². The van der Waals surface area contributed by atoms with Crippen molar-refractivity contribution >= 4 is 29.2 Å².